The van der Waals surface area contributed by atoms with Gasteiger partial charge in [-0.1, -0.05) is 6.07 Å². The second-order valence-electron chi connectivity index (χ2n) is 4.42. The van der Waals surface area contributed by atoms with Gasteiger partial charge in [0.05, 0.1) is 0 Å². The van der Waals surface area contributed by atoms with E-state index in [9.17, 15) is 15.0 Å². The third-order valence-corrected chi connectivity index (χ3v) is 3.05. The Labute approximate surface area is 111 Å². The van der Waals surface area contributed by atoms with Crippen LogP contribution in [0.25, 0.3) is 6.08 Å². The molecule has 5 heteroatoms. The van der Waals surface area contributed by atoms with E-state index >= 15 is 0 Å². The molecule has 0 spiro atoms. The Kier molecular flexibility index (Phi) is 3.71. The molecule has 19 heavy (non-hydrogen) atoms. The molecule has 5 nitrogen and oxygen atoms in total. The molecule has 2 N–H and O–H groups in total. The van der Waals surface area contributed by atoms with E-state index in [4.69, 9.17) is 5.26 Å². The number of phenols is 2. The van der Waals surface area contributed by atoms with Crippen LogP contribution < -0.4 is 0 Å². The molecule has 1 aromatic rings. The maximum absolute atomic E-state index is 12.1. The van der Waals surface area contributed by atoms with E-state index in [1.165, 1.54) is 24.3 Å². The lowest BCUT2D eigenvalue weighted by Gasteiger charge is -2.14. The highest BCUT2D eigenvalue weighted by molar-refractivity contribution is 6.01. The fraction of sp³-hybridized carbons (Fsp3) is 0.286. The van der Waals surface area contributed by atoms with Gasteiger partial charge in [0.1, 0.15) is 11.6 Å². The van der Waals surface area contributed by atoms with Crippen LogP contribution in [0.5, 0.6) is 11.5 Å². The predicted octanol–water partition coefficient (Wildman–Crippen LogP) is 1.63. The van der Waals surface area contributed by atoms with Crippen molar-refractivity contribution in [2.75, 3.05) is 13.1 Å². The maximum Gasteiger partial charge on any atom is 0.264 e. The lowest BCUT2D eigenvalue weighted by atomic mass is 10.1. The third-order valence-electron chi connectivity index (χ3n) is 3.05. The molecule has 0 saturated carbocycles. The van der Waals surface area contributed by atoms with Crippen LogP contribution in [0.15, 0.2) is 23.8 Å². The van der Waals surface area contributed by atoms with Gasteiger partial charge in [-0.25, -0.2) is 0 Å². The average molecular weight is 258 g/mol. The largest absolute Gasteiger partial charge is 0.504 e. The van der Waals surface area contributed by atoms with E-state index in [-0.39, 0.29) is 23.0 Å². The molecule has 0 radical (unpaired) electrons. The number of amides is 1. The van der Waals surface area contributed by atoms with E-state index in [1.54, 1.807) is 4.90 Å². The molecule has 1 amide bonds. The Morgan fingerprint density at radius 3 is 2.53 bits per heavy atom. The standard InChI is InChI=1S/C14H14N2O3/c15-9-11(14(19)16-5-1-2-6-16)7-10-3-4-12(17)13(18)8-10/h3-4,7-8,17-18H,1-2,5-6H2. The first-order valence-electron chi connectivity index (χ1n) is 6.05. The summed E-state index contributed by atoms with van der Waals surface area (Å²) in [6.07, 6.45) is 3.34. The number of phenolic OH excluding ortho intramolecular Hbond substituents is 2. The van der Waals surface area contributed by atoms with Gasteiger partial charge in [0.15, 0.2) is 11.5 Å². The molecule has 1 saturated heterocycles. The second kappa shape index (κ2) is 5.44. The lowest BCUT2D eigenvalue weighted by molar-refractivity contribution is -0.125. The number of rotatable bonds is 2. The zero-order valence-corrected chi connectivity index (χ0v) is 10.3. The average Bonchev–Trinajstić information content (AvgIpc) is 2.93. The smallest absolute Gasteiger partial charge is 0.264 e. The highest BCUT2D eigenvalue weighted by Crippen LogP contribution is 2.26. The number of carbonyl (C=O) groups is 1. The van der Waals surface area contributed by atoms with Gasteiger partial charge in [0, 0.05) is 13.1 Å². The number of hydrogen-bond acceptors (Lipinski definition) is 4. The predicted molar refractivity (Wildman–Crippen MR) is 69.2 cm³/mol. The Hall–Kier alpha value is -2.48. The third kappa shape index (κ3) is 2.86. The van der Waals surface area contributed by atoms with Crippen LogP contribution in [0.2, 0.25) is 0 Å². The van der Waals surface area contributed by atoms with Crippen molar-refractivity contribution in [3.05, 3.63) is 29.3 Å². The van der Waals surface area contributed by atoms with E-state index in [2.05, 4.69) is 0 Å². The fourth-order valence-corrected chi connectivity index (χ4v) is 2.03. The van der Waals surface area contributed by atoms with E-state index < -0.39 is 0 Å². The molecular formula is C14H14N2O3. The number of nitriles is 1. The first-order valence-corrected chi connectivity index (χ1v) is 6.05. The zero-order valence-electron chi connectivity index (χ0n) is 10.3. The van der Waals surface area contributed by atoms with Gasteiger partial charge in [-0.2, -0.15) is 5.26 Å². The molecule has 98 valence electrons. The Morgan fingerprint density at radius 1 is 1.26 bits per heavy atom. The fourth-order valence-electron chi connectivity index (χ4n) is 2.03. The minimum Gasteiger partial charge on any atom is -0.504 e. The van der Waals surface area contributed by atoms with Crippen LogP contribution in [0.3, 0.4) is 0 Å². The normalized spacial score (nSPS) is 15.3. The molecule has 1 aliphatic rings. The molecule has 0 bridgehead atoms. The molecule has 1 aromatic carbocycles. The summed E-state index contributed by atoms with van der Waals surface area (Å²) in [6, 6.07) is 6.04. The van der Waals surface area contributed by atoms with Gasteiger partial charge < -0.3 is 15.1 Å². The molecule has 1 aliphatic heterocycles. The summed E-state index contributed by atoms with van der Waals surface area (Å²) < 4.78 is 0. The first-order chi connectivity index (χ1) is 9.11. The number of hydrogen-bond donors (Lipinski definition) is 2. The SMILES string of the molecule is N#CC(=Cc1ccc(O)c(O)c1)C(=O)N1CCCC1. The van der Waals surface area contributed by atoms with Gasteiger partial charge in [0.2, 0.25) is 0 Å². The van der Waals surface area contributed by atoms with Crippen molar-refractivity contribution in [2.45, 2.75) is 12.8 Å². The summed E-state index contributed by atoms with van der Waals surface area (Å²) in [6.45, 7) is 1.36. The molecule has 1 fully saturated rings. The molecular weight excluding hydrogens is 244 g/mol. The van der Waals surface area contributed by atoms with Crippen LogP contribution in [-0.4, -0.2) is 34.1 Å². The number of nitrogens with zero attached hydrogens (tertiary/aromatic N) is 2. The molecule has 0 aliphatic carbocycles. The molecule has 2 rings (SSSR count). The topological polar surface area (TPSA) is 84.6 Å². The monoisotopic (exact) mass is 258 g/mol. The van der Waals surface area contributed by atoms with Crippen molar-refractivity contribution in [3.8, 4) is 17.6 Å². The maximum atomic E-state index is 12.1. The van der Waals surface area contributed by atoms with Crippen LogP contribution >= 0.6 is 0 Å². The van der Waals surface area contributed by atoms with Crippen LogP contribution in [-0.2, 0) is 4.79 Å². The zero-order chi connectivity index (χ0) is 13.8. The van der Waals surface area contributed by atoms with Gasteiger partial charge in [-0.15, -0.1) is 0 Å². The number of likely N-dealkylation sites (tertiary alicyclic amines) is 1. The van der Waals surface area contributed by atoms with Crippen molar-refractivity contribution in [1.29, 1.82) is 5.26 Å². The number of carbonyl (C=O) groups excluding carboxylic acids is 1. The quantitative estimate of drug-likeness (QED) is 0.479. The Balaban J connectivity index is 2.25. The summed E-state index contributed by atoms with van der Waals surface area (Å²) in [5.41, 5.74) is 0.534. The molecule has 0 aromatic heterocycles. The molecule has 0 atom stereocenters. The second-order valence-corrected chi connectivity index (χ2v) is 4.42. The van der Waals surface area contributed by atoms with E-state index in [0.29, 0.717) is 18.7 Å². The van der Waals surface area contributed by atoms with Gasteiger partial charge >= 0.3 is 0 Å². The Morgan fingerprint density at radius 2 is 1.95 bits per heavy atom. The van der Waals surface area contributed by atoms with Crippen LogP contribution in [0, 0.1) is 11.3 Å². The number of benzene rings is 1. The summed E-state index contributed by atoms with van der Waals surface area (Å²) in [5, 5.41) is 27.6. The summed E-state index contributed by atoms with van der Waals surface area (Å²) in [5.74, 6) is -0.797. The van der Waals surface area contributed by atoms with E-state index in [1.807, 2.05) is 6.07 Å². The van der Waals surface area contributed by atoms with Crippen molar-refractivity contribution >= 4 is 12.0 Å². The van der Waals surface area contributed by atoms with Gasteiger partial charge in [-0.3, -0.25) is 4.79 Å². The highest BCUT2D eigenvalue weighted by atomic mass is 16.3. The number of aromatic hydroxyl groups is 2. The first kappa shape index (κ1) is 13.0. The minimum atomic E-state index is -0.285. The van der Waals surface area contributed by atoms with Crippen molar-refractivity contribution in [3.63, 3.8) is 0 Å². The minimum absolute atomic E-state index is 0.0342. The van der Waals surface area contributed by atoms with Crippen molar-refractivity contribution in [1.82, 2.24) is 4.90 Å². The van der Waals surface area contributed by atoms with Gasteiger partial charge in [0.25, 0.3) is 5.91 Å². The summed E-state index contributed by atoms with van der Waals surface area (Å²) >= 11 is 0. The Bertz CT molecular complexity index is 567. The summed E-state index contributed by atoms with van der Waals surface area (Å²) in [7, 11) is 0. The lowest BCUT2D eigenvalue weighted by Crippen LogP contribution is -2.28. The molecule has 1 heterocycles. The highest BCUT2D eigenvalue weighted by Gasteiger charge is 2.21. The van der Waals surface area contributed by atoms with E-state index in [0.717, 1.165) is 12.8 Å². The summed E-state index contributed by atoms with van der Waals surface area (Å²) in [4.78, 5) is 13.7. The van der Waals surface area contributed by atoms with Crippen LogP contribution in [0.1, 0.15) is 18.4 Å². The molecule has 0 unspecified atom stereocenters. The van der Waals surface area contributed by atoms with Crippen molar-refractivity contribution in [2.24, 2.45) is 0 Å². The van der Waals surface area contributed by atoms with Gasteiger partial charge in [-0.05, 0) is 36.6 Å². The van der Waals surface area contributed by atoms with Crippen molar-refractivity contribution < 1.29 is 15.0 Å². The van der Waals surface area contributed by atoms with Crippen LogP contribution in [0.4, 0.5) is 0 Å².